The quantitative estimate of drug-likeness (QED) is 0.834. The maximum Gasteiger partial charge on any atom is 0.152 e. The molecule has 2 rings (SSSR count). The van der Waals surface area contributed by atoms with Crippen LogP contribution < -0.4 is 5.73 Å². The van der Waals surface area contributed by atoms with E-state index in [2.05, 4.69) is 20.8 Å². The number of hydrogen-bond donors (Lipinski definition) is 1. The van der Waals surface area contributed by atoms with Gasteiger partial charge in [0.25, 0.3) is 0 Å². The Labute approximate surface area is 110 Å². The Morgan fingerprint density at radius 3 is 2.59 bits per heavy atom. The van der Waals surface area contributed by atoms with Crippen molar-refractivity contribution in [3.63, 3.8) is 0 Å². The number of benzene rings is 1. The van der Waals surface area contributed by atoms with E-state index in [1.807, 2.05) is 18.2 Å². The van der Waals surface area contributed by atoms with Gasteiger partial charge < -0.3 is 5.73 Å². The topological polar surface area (TPSA) is 63.4 Å². The predicted molar refractivity (Wildman–Crippen MR) is 72.5 cm³/mol. The minimum Gasteiger partial charge on any atom is -0.398 e. The lowest BCUT2D eigenvalue weighted by Crippen LogP contribution is -2.39. The lowest BCUT2D eigenvalue weighted by Gasteiger charge is -2.27. The van der Waals surface area contributed by atoms with Crippen molar-refractivity contribution >= 4 is 31.5 Å². The number of hydrogen-bond acceptors (Lipinski definition) is 4. The number of nitrogens with two attached hydrogens (primary N) is 1. The summed E-state index contributed by atoms with van der Waals surface area (Å²) in [6, 6.07) is 5.76. The van der Waals surface area contributed by atoms with Crippen LogP contribution in [0.3, 0.4) is 0 Å². The second kappa shape index (κ2) is 4.96. The normalized spacial score (nSPS) is 20.3. The maximum absolute atomic E-state index is 11.3. The first-order valence-corrected chi connectivity index (χ1v) is 8.05. The molecule has 4 nitrogen and oxygen atoms in total. The van der Waals surface area contributed by atoms with Gasteiger partial charge in [-0.05, 0) is 27.6 Å². The average molecular weight is 319 g/mol. The van der Waals surface area contributed by atoms with Crippen LogP contribution in [0.1, 0.15) is 5.56 Å². The molecule has 0 aliphatic carbocycles. The summed E-state index contributed by atoms with van der Waals surface area (Å²) in [5.74, 6) is 0.514. The molecule has 0 unspecified atom stereocenters. The minimum atomic E-state index is -2.80. The smallest absolute Gasteiger partial charge is 0.152 e. The monoisotopic (exact) mass is 318 g/mol. The first kappa shape index (κ1) is 12.9. The molecule has 0 atom stereocenters. The summed E-state index contributed by atoms with van der Waals surface area (Å²) in [4.78, 5) is 2.14. The van der Waals surface area contributed by atoms with Gasteiger partial charge in [0.2, 0.25) is 0 Å². The lowest BCUT2D eigenvalue weighted by atomic mass is 10.2. The predicted octanol–water partition coefficient (Wildman–Crippen LogP) is 1.26. The second-order valence-corrected chi connectivity index (χ2v) is 7.34. The zero-order chi connectivity index (χ0) is 12.5. The van der Waals surface area contributed by atoms with Crippen LogP contribution in [-0.2, 0) is 16.4 Å². The van der Waals surface area contributed by atoms with Crippen LogP contribution in [0.4, 0.5) is 5.69 Å². The number of sulfone groups is 1. The van der Waals surface area contributed by atoms with Crippen LogP contribution in [0, 0.1) is 0 Å². The van der Waals surface area contributed by atoms with Crippen molar-refractivity contribution in [2.45, 2.75) is 6.54 Å². The maximum atomic E-state index is 11.3. The molecular weight excluding hydrogens is 304 g/mol. The Kier molecular flexibility index (Phi) is 3.75. The van der Waals surface area contributed by atoms with Crippen molar-refractivity contribution in [2.24, 2.45) is 0 Å². The third kappa shape index (κ3) is 3.20. The zero-order valence-electron chi connectivity index (χ0n) is 9.39. The Morgan fingerprint density at radius 2 is 1.94 bits per heavy atom. The molecule has 0 radical (unpaired) electrons. The van der Waals surface area contributed by atoms with Crippen molar-refractivity contribution in [1.82, 2.24) is 4.90 Å². The van der Waals surface area contributed by atoms with E-state index in [1.165, 1.54) is 0 Å². The highest BCUT2D eigenvalue weighted by Crippen LogP contribution is 2.25. The standard InChI is InChI=1S/C11H15BrN2O2S/c12-11-9(2-1-3-10(11)13)8-14-4-6-17(15,16)7-5-14/h1-3H,4-8,13H2. The van der Waals surface area contributed by atoms with Crippen LogP contribution in [0.25, 0.3) is 0 Å². The summed E-state index contributed by atoms with van der Waals surface area (Å²) < 4.78 is 23.5. The van der Waals surface area contributed by atoms with Crippen LogP contribution in [0.5, 0.6) is 0 Å². The van der Waals surface area contributed by atoms with Gasteiger partial charge in [0.1, 0.15) is 0 Å². The molecule has 1 aromatic carbocycles. The molecule has 0 aromatic heterocycles. The molecule has 1 aliphatic heterocycles. The molecule has 1 saturated heterocycles. The molecule has 1 fully saturated rings. The molecule has 2 N–H and O–H groups in total. The van der Waals surface area contributed by atoms with E-state index in [-0.39, 0.29) is 11.5 Å². The summed E-state index contributed by atoms with van der Waals surface area (Å²) in [6.07, 6.45) is 0. The van der Waals surface area contributed by atoms with Crippen molar-refractivity contribution in [3.05, 3.63) is 28.2 Å². The number of rotatable bonds is 2. The Hall–Kier alpha value is -0.590. The van der Waals surface area contributed by atoms with Crippen molar-refractivity contribution in [3.8, 4) is 0 Å². The third-order valence-corrected chi connectivity index (χ3v) is 5.52. The second-order valence-electron chi connectivity index (χ2n) is 4.25. The van der Waals surface area contributed by atoms with Crippen molar-refractivity contribution in [1.29, 1.82) is 0 Å². The largest absolute Gasteiger partial charge is 0.398 e. The van der Waals surface area contributed by atoms with Gasteiger partial charge in [0.05, 0.1) is 11.5 Å². The molecule has 0 amide bonds. The summed E-state index contributed by atoms with van der Waals surface area (Å²) in [6.45, 7) is 1.94. The van der Waals surface area contributed by atoms with Crippen LogP contribution in [0.15, 0.2) is 22.7 Å². The number of nitrogens with zero attached hydrogens (tertiary/aromatic N) is 1. The first-order chi connectivity index (χ1) is 7.98. The van der Waals surface area contributed by atoms with Gasteiger partial charge in [-0.1, -0.05) is 12.1 Å². The van der Waals surface area contributed by atoms with E-state index in [1.54, 1.807) is 0 Å². The van der Waals surface area contributed by atoms with Gasteiger partial charge in [-0.15, -0.1) is 0 Å². The fourth-order valence-corrected chi connectivity index (χ4v) is 3.54. The summed E-state index contributed by atoms with van der Waals surface area (Å²) in [7, 11) is -2.80. The third-order valence-electron chi connectivity index (χ3n) is 2.94. The van der Waals surface area contributed by atoms with E-state index in [4.69, 9.17) is 5.73 Å². The highest BCUT2D eigenvalue weighted by Gasteiger charge is 2.21. The van der Waals surface area contributed by atoms with Gasteiger partial charge >= 0.3 is 0 Å². The summed E-state index contributed by atoms with van der Waals surface area (Å²) >= 11 is 3.46. The van der Waals surface area contributed by atoms with Crippen LogP contribution in [0.2, 0.25) is 0 Å². The van der Waals surface area contributed by atoms with Crippen LogP contribution >= 0.6 is 15.9 Å². The van der Waals surface area contributed by atoms with Gasteiger partial charge in [-0.3, -0.25) is 4.90 Å². The lowest BCUT2D eigenvalue weighted by molar-refractivity contribution is 0.287. The van der Waals surface area contributed by atoms with E-state index >= 15 is 0 Å². The molecule has 0 bridgehead atoms. The zero-order valence-corrected chi connectivity index (χ0v) is 11.8. The molecule has 94 valence electrons. The SMILES string of the molecule is Nc1cccc(CN2CCS(=O)(=O)CC2)c1Br. The number of nitrogen functional groups attached to an aromatic ring is 1. The molecule has 6 heteroatoms. The molecule has 17 heavy (non-hydrogen) atoms. The molecule has 0 saturated carbocycles. The molecule has 1 heterocycles. The summed E-state index contributed by atoms with van der Waals surface area (Å²) in [5, 5.41) is 0. The summed E-state index contributed by atoms with van der Waals surface area (Å²) in [5.41, 5.74) is 7.62. The highest BCUT2D eigenvalue weighted by atomic mass is 79.9. The Bertz CT molecular complexity index is 502. The van der Waals surface area contributed by atoms with Crippen molar-refractivity contribution in [2.75, 3.05) is 30.3 Å². The van der Waals surface area contributed by atoms with Gasteiger partial charge in [0.15, 0.2) is 9.84 Å². The van der Waals surface area contributed by atoms with E-state index in [0.717, 1.165) is 16.6 Å². The first-order valence-electron chi connectivity index (χ1n) is 5.43. The molecule has 0 spiro atoms. The average Bonchev–Trinajstić information content (AvgIpc) is 2.27. The van der Waals surface area contributed by atoms with Crippen LogP contribution in [-0.4, -0.2) is 37.9 Å². The molecule has 1 aliphatic rings. The Morgan fingerprint density at radius 1 is 1.29 bits per heavy atom. The molecular formula is C11H15BrN2O2S. The number of halogens is 1. The van der Waals surface area contributed by atoms with E-state index in [0.29, 0.717) is 18.8 Å². The highest BCUT2D eigenvalue weighted by molar-refractivity contribution is 9.10. The Balaban J connectivity index is 2.05. The van der Waals surface area contributed by atoms with Gasteiger partial charge in [-0.2, -0.15) is 0 Å². The van der Waals surface area contributed by atoms with Gasteiger partial charge in [-0.25, -0.2) is 8.42 Å². The van der Waals surface area contributed by atoms with Gasteiger partial charge in [0, 0.05) is 29.8 Å². The minimum absolute atomic E-state index is 0.257. The fourth-order valence-electron chi connectivity index (χ4n) is 1.87. The van der Waals surface area contributed by atoms with Crippen molar-refractivity contribution < 1.29 is 8.42 Å². The van der Waals surface area contributed by atoms with E-state index < -0.39 is 9.84 Å². The fraction of sp³-hybridized carbons (Fsp3) is 0.455. The molecule has 1 aromatic rings. The number of anilines is 1. The van der Waals surface area contributed by atoms with E-state index in [9.17, 15) is 8.42 Å².